The first-order valence-corrected chi connectivity index (χ1v) is 10.0. The van der Waals surface area contributed by atoms with E-state index in [1.807, 2.05) is 39.0 Å². The average Bonchev–Trinajstić information content (AvgIpc) is 2.67. The van der Waals surface area contributed by atoms with Crippen LogP contribution in [0.3, 0.4) is 0 Å². The second-order valence-corrected chi connectivity index (χ2v) is 7.96. The summed E-state index contributed by atoms with van der Waals surface area (Å²) >= 11 is 0. The number of rotatable bonds is 7. The third-order valence-electron chi connectivity index (χ3n) is 5.91. The van der Waals surface area contributed by atoms with Crippen LogP contribution >= 0.6 is 0 Å². The lowest BCUT2D eigenvalue weighted by Gasteiger charge is -2.35. The van der Waals surface area contributed by atoms with Crippen LogP contribution in [0, 0.1) is 19.8 Å². The van der Waals surface area contributed by atoms with Gasteiger partial charge >= 0.3 is 0 Å². The molecule has 1 atom stereocenters. The number of benzene rings is 2. The molecule has 0 radical (unpaired) electrons. The molecule has 0 saturated heterocycles. The Morgan fingerprint density at radius 3 is 2.32 bits per heavy atom. The van der Waals surface area contributed by atoms with Crippen LogP contribution in [0.25, 0.3) is 0 Å². The predicted molar refractivity (Wildman–Crippen MR) is 111 cm³/mol. The van der Waals surface area contributed by atoms with Gasteiger partial charge in [-0.2, -0.15) is 0 Å². The Morgan fingerprint density at radius 1 is 1.07 bits per heavy atom. The molecule has 0 aliphatic heterocycles. The van der Waals surface area contributed by atoms with Crippen LogP contribution in [0.5, 0.6) is 0 Å². The Kier molecular flexibility index (Phi) is 6.30. The lowest BCUT2D eigenvalue weighted by atomic mass is 9.84. The second-order valence-electron chi connectivity index (χ2n) is 7.96. The zero-order chi connectivity index (χ0) is 20.3. The van der Waals surface area contributed by atoms with Crippen LogP contribution in [-0.4, -0.2) is 40.9 Å². The topological polar surface area (TPSA) is 57.6 Å². The summed E-state index contributed by atoms with van der Waals surface area (Å²) in [5.74, 6) is 0.161. The van der Waals surface area contributed by atoms with E-state index < -0.39 is 0 Å². The van der Waals surface area contributed by atoms with Gasteiger partial charge in [0, 0.05) is 17.7 Å². The van der Waals surface area contributed by atoms with Crippen molar-refractivity contribution in [3.63, 3.8) is 0 Å². The van der Waals surface area contributed by atoms with E-state index in [0.717, 1.165) is 24.0 Å². The van der Waals surface area contributed by atoms with E-state index in [1.165, 1.54) is 6.42 Å². The molecule has 0 heterocycles. The van der Waals surface area contributed by atoms with Gasteiger partial charge in [0.05, 0.1) is 18.2 Å². The molecular weight excluding hydrogens is 350 g/mol. The fraction of sp³-hybridized carbons (Fsp3) is 0.417. The van der Waals surface area contributed by atoms with E-state index in [-0.39, 0.29) is 24.3 Å². The summed E-state index contributed by atoms with van der Waals surface area (Å²) in [6.45, 7) is 6.38. The summed E-state index contributed by atoms with van der Waals surface area (Å²) in [4.78, 5) is 28.3. The zero-order valence-electron chi connectivity index (χ0n) is 16.9. The maximum Gasteiger partial charge on any atom is 0.254 e. The molecule has 3 rings (SSSR count). The van der Waals surface area contributed by atoms with Crippen molar-refractivity contribution in [1.82, 2.24) is 4.90 Å². The van der Waals surface area contributed by atoms with Crippen molar-refractivity contribution in [3.8, 4) is 0 Å². The zero-order valence-corrected chi connectivity index (χ0v) is 16.9. The quantitative estimate of drug-likeness (QED) is 0.735. The van der Waals surface area contributed by atoms with Crippen LogP contribution in [0.2, 0.25) is 0 Å². The van der Waals surface area contributed by atoms with Crippen LogP contribution in [-0.2, 0) is 0 Å². The number of aliphatic hydroxyl groups is 1. The normalized spacial score (nSPS) is 15.0. The lowest BCUT2D eigenvalue weighted by molar-refractivity contribution is 0.0527. The van der Waals surface area contributed by atoms with E-state index in [9.17, 15) is 14.7 Å². The summed E-state index contributed by atoms with van der Waals surface area (Å²) in [6, 6.07) is 12.4. The Labute approximate surface area is 167 Å². The van der Waals surface area contributed by atoms with Crippen molar-refractivity contribution in [2.45, 2.75) is 46.1 Å². The summed E-state index contributed by atoms with van der Waals surface area (Å²) in [5.41, 5.74) is 3.59. The third kappa shape index (κ3) is 4.17. The van der Waals surface area contributed by atoms with Crippen LogP contribution in [0.15, 0.2) is 42.5 Å². The molecule has 28 heavy (non-hydrogen) atoms. The molecule has 1 saturated carbocycles. The average molecular weight is 380 g/mol. The van der Waals surface area contributed by atoms with Gasteiger partial charge in [-0.3, -0.25) is 9.59 Å². The number of hydrogen-bond donors (Lipinski definition) is 1. The van der Waals surface area contributed by atoms with Crippen LogP contribution in [0.1, 0.15) is 63.6 Å². The Hall–Kier alpha value is -2.46. The molecule has 4 nitrogen and oxygen atoms in total. The van der Waals surface area contributed by atoms with E-state index in [0.29, 0.717) is 29.2 Å². The van der Waals surface area contributed by atoms with Crippen molar-refractivity contribution in [1.29, 1.82) is 0 Å². The molecule has 148 valence electrons. The monoisotopic (exact) mass is 379 g/mol. The first-order valence-electron chi connectivity index (χ1n) is 10.0. The van der Waals surface area contributed by atoms with E-state index in [4.69, 9.17) is 0 Å². The maximum absolute atomic E-state index is 13.4. The highest BCUT2D eigenvalue weighted by molar-refractivity contribution is 6.15. The second kappa shape index (κ2) is 8.70. The molecule has 2 aromatic carbocycles. The first-order chi connectivity index (χ1) is 13.4. The smallest absolute Gasteiger partial charge is 0.254 e. The minimum atomic E-state index is -0.280. The highest BCUT2D eigenvalue weighted by atomic mass is 16.3. The van der Waals surface area contributed by atoms with Crippen molar-refractivity contribution in [3.05, 3.63) is 70.3 Å². The number of aryl methyl sites for hydroxylation is 2. The van der Waals surface area contributed by atoms with Gasteiger partial charge in [0.25, 0.3) is 5.91 Å². The number of nitrogens with zero attached hydrogens (tertiary/aromatic N) is 1. The fourth-order valence-electron chi connectivity index (χ4n) is 3.58. The SMILES string of the molecule is Cc1ccc(C(=O)c2ccccc2C(=O)N(CC2CCC2)C(C)CO)cc1C. The van der Waals surface area contributed by atoms with Crippen molar-refractivity contribution in [2.75, 3.05) is 13.2 Å². The molecule has 0 spiro atoms. The standard InChI is InChI=1S/C24H29NO3/c1-16-11-12-20(13-17(16)2)23(27)21-9-4-5-10-22(21)24(28)25(18(3)15-26)14-19-7-6-8-19/h4-5,9-13,18-19,26H,6-8,14-15H2,1-3H3. The summed E-state index contributed by atoms with van der Waals surface area (Å²) in [7, 11) is 0. The van der Waals surface area contributed by atoms with E-state index in [2.05, 4.69) is 0 Å². The molecule has 1 aliphatic rings. The van der Waals surface area contributed by atoms with Gasteiger partial charge in [0.15, 0.2) is 5.78 Å². The minimum Gasteiger partial charge on any atom is -0.394 e. The van der Waals surface area contributed by atoms with Gasteiger partial charge in [-0.25, -0.2) is 0 Å². The molecule has 1 fully saturated rings. The van der Waals surface area contributed by atoms with Crippen LogP contribution < -0.4 is 0 Å². The van der Waals surface area contributed by atoms with Crippen LogP contribution in [0.4, 0.5) is 0 Å². The number of ketones is 1. The molecular formula is C24H29NO3. The molecule has 1 N–H and O–H groups in total. The van der Waals surface area contributed by atoms with Crippen molar-refractivity contribution >= 4 is 11.7 Å². The Bertz CT molecular complexity index is 870. The summed E-state index contributed by atoms with van der Waals surface area (Å²) in [6.07, 6.45) is 3.43. The van der Waals surface area contributed by atoms with Gasteiger partial charge in [-0.15, -0.1) is 0 Å². The number of carbonyl (C=O) groups is 2. The van der Waals surface area contributed by atoms with E-state index >= 15 is 0 Å². The maximum atomic E-state index is 13.4. The van der Waals surface area contributed by atoms with Gasteiger partial charge in [0.1, 0.15) is 0 Å². The van der Waals surface area contributed by atoms with Crippen molar-refractivity contribution < 1.29 is 14.7 Å². The van der Waals surface area contributed by atoms with Gasteiger partial charge in [0.2, 0.25) is 0 Å². The highest BCUT2D eigenvalue weighted by Gasteiger charge is 2.29. The molecule has 0 aromatic heterocycles. The third-order valence-corrected chi connectivity index (χ3v) is 5.91. The first kappa shape index (κ1) is 20.3. The van der Waals surface area contributed by atoms with Gasteiger partial charge < -0.3 is 10.0 Å². The number of carbonyl (C=O) groups excluding carboxylic acids is 2. The molecule has 1 amide bonds. The largest absolute Gasteiger partial charge is 0.394 e. The molecule has 2 aromatic rings. The number of amides is 1. The number of aliphatic hydroxyl groups excluding tert-OH is 1. The van der Waals surface area contributed by atoms with Crippen molar-refractivity contribution in [2.24, 2.45) is 5.92 Å². The van der Waals surface area contributed by atoms with Gasteiger partial charge in [-0.1, -0.05) is 36.8 Å². The minimum absolute atomic E-state index is 0.0915. The molecule has 1 unspecified atom stereocenters. The predicted octanol–water partition coefficient (Wildman–Crippen LogP) is 4.16. The molecule has 4 heteroatoms. The highest BCUT2D eigenvalue weighted by Crippen LogP contribution is 2.29. The van der Waals surface area contributed by atoms with Gasteiger partial charge in [-0.05, 0) is 62.8 Å². The summed E-state index contributed by atoms with van der Waals surface area (Å²) < 4.78 is 0. The van der Waals surface area contributed by atoms with E-state index in [1.54, 1.807) is 29.2 Å². The Morgan fingerprint density at radius 2 is 1.75 bits per heavy atom. The number of hydrogen-bond acceptors (Lipinski definition) is 3. The molecule has 1 aliphatic carbocycles. The fourth-order valence-corrected chi connectivity index (χ4v) is 3.58. The Balaban J connectivity index is 1.94. The molecule has 0 bridgehead atoms. The lowest BCUT2D eigenvalue weighted by Crippen LogP contribution is -2.45. The summed E-state index contributed by atoms with van der Waals surface area (Å²) in [5, 5.41) is 9.66.